The topological polar surface area (TPSA) is 95.2 Å². The minimum absolute atomic E-state index is 0.0199. The predicted molar refractivity (Wildman–Crippen MR) is 117 cm³/mol. The number of pyridine rings is 1. The summed E-state index contributed by atoms with van der Waals surface area (Å²) in [5, 5.41) is 2.83. The highest BCUT2D eigenvalue weighted by atomic mass is 19.1. The van der Waals surface area contributed by atoms with Gasteiger partial charge in [-0.15, -0.1) is 0 Å². The zero-order chi connectivity index (χ0) is 22.7. The molecule has 8 nitrogen and oxygen atoms in total. The van der Waals surface area contributed by atoms with Gasteiger partial charge in [0, 0.05) is 11.9 Å². The van der Waals surface area contributed by atoms with Gasteiger partial charge in [-0.3, -0.25) is 18.7 Å². The van der Waals surface area contributed by atoms with Crippen molar-refractivity contribution in [3.63, 3.8) is 0 Å². The molecule has 2 aromatic carbocycles. The maximum absolute atomic E-state index is 13.2. The van der Waals surface area contributed by atoms with Crippen molar-refractivity contribution in [3.05, 3.63) is 99.1 Å². The van der Waals surface area contributed by atoms with Gasteiger partial charge in [0.15, 0.2) is 0 Å². The van der Waals surface area contributed by atoms with Crippen molar-refractivity contribution in [2.75, 3.05) is 12.4 Å². The van der Waals surface area contributed by atoms with Crippen LogP contribution in [-0.4, -0.2) is 27.1 Å². The molecule has 9 heteroatoms. The summed E-state index contributed by atoms with van der Waals surface area (Å²) in [4.78, 5) is 42.9. The number of hydrogen-bond donors (Lipinski definition) is 1. The van der Waals surface area contributed by atoms with E-state index in [4.69, 9.17) is 4.74 Å². The molecule has 0 unspecified atom stereocenters. The zero-order valence-corrected chi connectivity index (χ0v) is 17.1. The molecule has 162 valence electrons. The summed E-state index contributed by atoms with van der Waals surface area (Å²) in [7, 11) is 1.55. The van der Waals surface area contributed by atoms with Crippen LogP contribution < -0.4 is 21.3 Å². The summed E-state index contributed by atoms with van der Waals surface area (Å²) < 4.78 is 20.4. The Balaban J connectivity index is 1.72. The number of halogens is 1. The van der Waals surface area contributed by atoms with Crippen molar-refractivity contribution in [3.8, 4) is 5.75 Å². The summed E-state index contributed by atoms with van der Waals surface area (Å²) in [5.74, 6) is -0.293. The van der Waals surface area contributed by atoms with E-state index in [9.17, 15) is 18.8 Å². The number of hydrogen-bond acceptors (Lipinski definition) is 5. The fourth-order valence-corrected chi connectivity index (χ4v) is 3.32. The number of nitrogens with one attached hydrogen (secondary N) is 1. The first-order chi connectivity index (χ1) is 15.5. The molecule has 2 heterocycles. The molecule has 4 rings (SSSR count). The van der Waals surface area contributed by atoms with Gasteiger partial charge in [-0.05, 0) is 54.1 Å². The third-order valence-electron chi connectivity index (χ3n) is 4.91. The van der Waals surface area contributed by atoms with Crippen LogP contribution in [0.2, 0.25) is 0 Å². The highest BCUT2D eigenvalue weighted by molar-refractivity contribution is 5.91. The molecule has 1 N–H and O–H groups in total. The normalized spacial score (nSPS) is 10.8. The van der Waals surface area contributed by atoms with Crippen LogP contribution in [0.4, 0.5) is 10.1 Å². The van der Waals surface area contributed by atoms with Crippen LogP contribution in [0, 0.1) is 5.82 Å². The largest absolute Gasteiger partial charge is 0.497 e. The van der Waals surface area contributed by atoms with E-state index in [1.807, 2.05) is 0 Å². The average molecular weight is 434 g/mol. The minimum Gasteiger partial charge on any atom is -0.497 e. The van der Waals surface area contributed by atoms with Gasteiger partial charge in [0.05, 0.1) is 19.0 Å². The molecule has 2 aromatic heterocycles. The number of carbonyl (C=O) groups is 1. The second-order valence-electron chi connectivity index (χ2n) is 7.04. The fourth-order valence-electron chi connectivity index (χ4n) is 3.32. The molecule has 0 spiro atoms. The Morgan fingerprint density at radius 3 is 2.44 bits per heavy atom. The van der Waals surface area contributed by atoms with Gasteiger partial charge in [0.1, 0.15) is 23.8 Å². The van der Waals surface area contributed by atoms with Crippen LogP contribution in [0.1, 0.15) is 5.56 Å². The molecule has 0 aliphatic rings. The lowest BCUT2D eigenvalue weighted by molar-refractivity contribution is -0.116. The van der Waals surface area contributed by atoms with E-state index in [0.717, 1.165) is 14.7 Å². The summed E-state index contributed by atoms with van der Waals surface area (Å²) in [6, 6.07) is 15.4. The van der Waals surface area contributed by atoms with Crippen molar-refractivity contribution >= 4 is 22.6 Å². The SMILES string of the molecule is COc1ccc(Cn2c(=O)c3cccnc3n(CC(=O)Nc3ccc(F)cc3)c2=O)cc1. The van der Waals surface area contributed by atoms with Crippen molar-refractivity contribution in [1.82, 2.24) is 14.1 Å². The number of rotatable bonds is 6. The minimum atomic E-state index is -0.661. The lowest BCUT2D eigenvalue weighted by Gasteiger charge is -2.14. The van der Waals surface area contributed by atoms with E-state index in [1.54, 1.807) is 43.5 Å². The highest BCUT2D eigenvalue weighted by Gasteiger charge is 2.16. The Morgan fingerprint density at radius 1 is 1.03 bits per heavy atom. The van der Waals surface area contributed by atoms with E-state index in [2.05, 4.69) is 10.3 Å². The van der Waals surface area contributed by atoms with Gasteiger partial charge in [-0.25, -0.2) is 14.2 Å². The molecular weight excluding hydrogens is 415 g/mol. The highest BCUT2D eigenvalue weighted by Crippen LogP contribution is 2.12. The molecule has 0 atom stereocenters. The molecule has 0 bridgehead atoms. The molecule has 0 fully saturated rings. The number of anilines is 1. The molecule has 0 radical (unpaired) electrons. The number of benzene rings is 2. The number of ether oxygens (including phenoxy) is 1. The smallest absolute Gasteiger partial charge is 0.333 e. The monoisotopic (exact) mass is 434 g/mol. The Hall–Kier alpha value is -4.27. The van der Waals surface area contributed by atoms with Crippen LogP contribution in [0.5, 0.6) is 5.75 Å². The number of amides is 1. The van der Waals surface area contributed by atoms with Gasteiger partial charge in [-0.1, -0.05) is 12.1 Å². The second kappa shape index (κ2) is 8.84. The molecule has 1 amide bonds. The van der Waals surface area contributed by atoms with Crippen LogP contribution in [-0.2, 0) is 17.9 Å². The van der Waals surface area contributed by atoms with Crippen LogP contribution in [0.3, 0.4) is 0 Å². The first kappa shape index (κ1) is 21.0. The number of aromatic nitrogens is 3. The Bertz CT molecular complexity index is 1390. The van der Waals surface area contributed by atoms with Gasteiger partial charge < -0.3 is 10.1 Å². The number of fused-ring (bicyclic) bond motifs is 1. The van der Waals surface area contributed by atoms with E-state index in [1.165, 1.54) is 30.5 Å². The molecule has 0 aliphatic carbocycles. The third-order valence-corrected chi connectivity index (χ3v) is 4.91. The van der Waals surface area contributed by atoms with Gasteiger partial charge in [0.2, 0.25) is 5.91 Å². The van der Waals surface area contributed by atoms with Crippen LogP contribution in [0.25, 0.3) is 11.0 Å². The first-order valence-electron chi connectivity index (χ1n) is 9.73. The van der Waals surface area contributed by atoms with E-state index < -0.39 is 23.0 Å². The molecular formula is C23H19FN4O4. The van der Waals surface area contributed by atoms with Gasteiger partial charge in [-0.2, -0.15) is 0 Å². The number of methoxy groups -OCH3 is 1. The Morgan fingerprint density at radius 2 is 1.75 bits per heavy atom. The standard InChI is InChI=1S/C23H19FN4O4/c1-32-18-10-4-15(5-11-18)13-28-22(30)19-3-2-12-25-21(19)27(23(28)31)14-20(29)26-17-8-6-16(24)7-9-17/h2-12H,13-14H2,1H3,(H,26,29). The van der Waals surface area contributed by atoms with E-state index >= 15 is 0 Å². The predicted octanol–water partition coefficient (Wildman–Crippen LogP) is 2.39. The average Bonchev–Trinajstić information content (AvgIpc) is 2.81. The quantitative estimate of drug-likeness (QED) is 0.503. The molecule has 0 aliphatic heterocycles. The summed E-state index contributed by atoms with van der Waals surface area (Å²) in [6.07, 6.45) is 1.45. The third kappa shape index (κ3) is 4.27. The zero-order valence-electron chi connectivity index (χ0n) is 17.1. The van der Waals surface area contributed by atoms with Crippen LogP contribution in [0.15, 0.2) is 76.4 Å². The van der Waals surface area contributed by atoms with Crippen molar-refractivity contribution in [2.45, 2.75) is 13.1 Å². The number of carbonyl (C=O) groups excluding carboxylic acids is 1. The van der Waals surface area contributed by atoms with Crippen LogP contribution >= 0.6 is 0 Å². The fraction of sp³-hybridized carbons (Fsp3) is 0.130. The molecule has 32 heavy (non-hydrogen) atoms. The first-order valence-corrected chi connectivity index (χ1v) is 9.73. The Kier molecular flexibility index (Phi) is 5.80. The second-order valence-corrected chi connectivity index (χ2v) is 7.04. The van der Waals surface area contributed by atoms with Gasteiger partial charge >= 0.3 is 5.69 Å². The van der Waals surface area contributed by atoms with Gasteiger partial charge in [0.25, 0.3) is 5.56 Å². The Labute approximate surface area is 181 Å². The lowest BCUT2D eigenvalue weighted by Crippen LogP contribution is -2.42. The van der Waals surface area contributed by atoms with Crippen molar-refractivity contribution in [1.29, 1.82) is 0 Å². The van der Waals surface area contributed by atoms with Crippen molar-refractivity contribution < 1.29 is 13.9 Å². The lowest BCUT2D eigenvalue weighted by atomic mass is 10.2. The summed E-state index contributed by atoms with van der Waals surface area (Å²) in [6.45, 7) is -0.349. The maximum atomic E-state index is 13.2. The van der Waals surface area contributed by atoms with E-state index in [-0.39, 0.29) is 24.1 Å². The maximum Gasteiger partial charge on any atom is 0.333 e. The molecule has 0 saturated carbocycles. The summed E-state index contributed by atoms with van der Waals surface area (Å²) >= 11 is 0. The van der Waals surface area contributed by atoms with E-state index in [0.29, 0.717) is 11.4 Å². The molecule has 4 aromatic rings. The number of nitrogens with zero attached hydrogens (tertiary/aromatic N) is 3. The molecule has 0 saturated heterocycles. The van der Waals surface area contributed by atoms with Crippen molar-refractivity contribution in [2.24, 2.45) is 0 Å². The summed E-state index contributed by atoms with van der Waals surface area (Å²) in [5.41, 5.74) is 0.0574.